The molecule has 0 aliphatic carbocycles. The molecule has 1 aliphatic heterocycles. The average Bonchev–Trinajstić information content (AvgIpc) is 2.89. The summed E-state index contributed by atoms with van der Waals surface area (Å²) in [5.41, 5.74) is 1.04. The fraction of sp³-hybridized carbons (Fsp3) is 0.462. The second kappa shape index (κ2) is 5.68. The lowest BCUT2D eigenvalue weighted by atomic mass is 10.2. The Kier molecular flexibility index (Phi) is 3.98. The molecule has 1 aromatic rings. The maximum absolute atomic E-state index is 5.25. The molecule has 4 nitrogen and oxygen atoms in total. The molecule has 0 aromatic heterocycles. The standard InChI is InChI=1S/C13H18N2O2/c1-16-12-4-3-10(7-13(12)17-2)8-15-11-5-6-14-9-11/h3-4,7-8,11,14H,5-6,9H2,1-2H3/b15-8+. The molecule has 0 saturated carbocycles. The zero-order valence-electron chi connectivity index (χ0n) is 10.3. The normalized spacial score (nSPS) is 19.8. The van der Waals surface area contributed by atoms with Crippen molar-refractivity contribution in [2.24, 2.45) is 4.99 Å². The quantitative estimate of drug-likeness (QED) is 0.802. The lowest BCUT2D eigenvalue weighted by Crippen LogP contribution is -2.11. The molecular formula is C13H18N2O2. The number of nitrogens with zero attached hydrogens (tertiary/aromatic N) is 1. The van der Waals surface area contributed by atoms with Crippen LogP contribution in [0.15, 0.2) is 23.2 Å². The minimum atomic E-state index is 0.406. The summed E-state index contributed by atoms with van der Waals surface area (Å²) in [7, 11) is 3.27. The van der Waals surface area contributed by atoms with Crippen molar-refractivity contribution in [3.05, 3.63) is 23.8 Å². The summed E-state index contributed by atoms with van der Waals surface area (Å²) in [6, 6.07) is 6.22. The van der Waals surface area contributed by atoms with Gasteiger partial charge in [-0.2, -0.15) is 0 Å². The maximum atomic E-state index is 5.25. The molecular weight excluding hydrogens is 216 g/mol. The molecule has 0 radical (unpaired) electrons. The smallest absolute Gasteiger partial charge is 0.161 e. The zero-order valence-corrected chi connectivity index (χ0v) is 10.3. The lowest BCUT2D eigenvalue weighted by molar-refractivity contribution is 0.355. The van der Waals surface area contributed by atoms with Crippen LogP contribution in [0.2, 0.25) is 0 Å². The molecule has 2 rings (SSSR count). The highest BCUT2D eigenvalue weighted by atomic mass is 16.5. The van der Waals surface area contributed by atoms with Crippen LogP contribution in [0.3, 0.4) is 0 Å². The summed E-state index contributed by atoms with van der Waals surface area (Å²) < 4.78 is 10.4. The fourth-order valence-corrected chi connectivity index (χ4v) is 1.89. The Labute approximate surface area is 102 Å². The van der Waals surface area contributed by atoms with Crippen LogP contribution in [0.25, 0.3) is 0 Å². The van der Waals surface area contributed by atoms with E-state index in [0.717, 1.165) is 36.6 Å². The minimum absolute atomic E-state index is 0.406. The van der Waals surface area contributed by atoms with Crippen LogP contribution >= 0.6 is 0 Å². The van der Waals surface area contributed by atoms with Crippen LogP contribution in [0.5, 0.6) is 11.5 Å². The van der Waals surface area contributed by atoms with Crippen LogP contribution in [0.4, 0.5) is 0 Å². The van der Waals surface area contributed by atoms with Crippen molar-refractivity contribution in [3.63, 3.8) is 0 Å². The molecule has 0 spiro atoms. The number of hydrogen-bond acceptors (Lipinski definition) is 4. The Balaban J connectivity index is 2.10. The van der Waals surface area contributed by atoms with Gasteiger partial charge in [0.05, 0.1) is 20.3 Å². The van der Waals surface area contributed by atoms with Gasteiger partial charge < -0.3 is 14.8 Å². The number of ether oxygens (including phenoxy) is 2. The van der Waals surface area contributed by atoms with E-state index in [-0.39, 0.29) is 0 Å². The Morgan fingerprint density at radius 1 is 1.29 bits per heavy atom. The van der Waals surface area contributed by atoms with E-state index in [2.05, 4.69) is 10.3 Å². The molecule has 1 unspecified atom stereocenters. The van der Waals surface area contributed by atoms with Crippen LogP contribution in [0, 0.1) is 0 Å². The Hall–Kier alpha value is -1.55. The van der Waals surface area contributed by atoms with Gasteiger partial charge in [0, 0.05) is 12.8 Å². The molecule has 1 fully saturated rings. The van der Waals surface area contributed by atoms with Crippen LogP contribution in [0.1, 0.15) is 12.0 Å². The van der Waals surface area contributed by atoms with Crippen LogP contribution in [-0.2, 0) is 0 Å². The molecule has 1 aliphatic rings. The topological polar surface area (TPSA) is 42.8 Å². The lowest BCUT2D eigenvalue weighted by Gasteiger charge is -2.07. The second-order valence-electron chi connectivity index (χ2n) is 4.04. The summed E-state index contributed by atoms with van der Waals surface area (Å²) in [6.45, 7) is 2.04. The highest BCUT2D eigenvalue weighted by Gasteiger charge is 2.11. The zero-order chi connectivity index (χ0) is 12.1. The number of methoxy groups -OCH3 is 2. The predicted molar refractivity (Wildman–Crippen MR) is 68.4 cm³/mol. The molecule has 1 heterocycles. The first-order chi connectivity index (χ1) is 8.33. The van der Waals surface area contributed by atoms with Crippen LogP contribution in [-0.4, -0.2) is 39.6 Å². The van der Waals surface area contributed by atoms with Gasteiger partial charge in [-0.05, 0) is 36.7 Å². The third-order valence-corrected chi connectivity index (χ3v) is 2.88. The van der Waals surface area contributed by atoms with Crippen molar-refractivity contribution in [1.29, 1.82) is 0 Å². The Bertz CT molecular complexity index is 398. The largest absolute Gasteiger partial charge is 0.493 e. The number of benzene rings is 1. The van der Waals surface area contributed by atoms with E-state index < -0.39 is 0 Å². The van der Waals surface area contributed by atoms with Gasteiger partial charge in [0.1, 0.15) is 0 Å². The number of rotatable bonds is 4. The van der Waals surface area contributed by atoms with Crippen molar-refractivity contribution in [1.82, 2.24) is 5.32 Å². The summed E-state index contributed by atoms with van der Waals surface area (Å²) in [5.74, 6) is 1.48. The third-order valence-electron chi connectivity index (χ3n) is 2.88. The summed E-state index contributed by atoms with van der Waals surface area (Å²) in [6.07, 6.45) is 3.02. The van der Waals surface area contributed by atoms with Crippen molar-refractivity contribution >= 4 is 6.21 Å². The first-order valence-electron chi connectivity index (χ1n) is 5.79. The summed E-state index contributed by atoms with van der Waals surface area (Å²) in [4.78, 5) is 4.54. The van der Waals surface area contributed by atoms with E-state index in [1.807, 2.05) is 24.4 Å². The van der Waals surface area contributed by atoms with Gasteiger partial charge in [-0.3, -0.25) is 4.99 Å². The van der Waals surface area contributed by atoms with E-state index in [9.17, 15) is 0 Å². The average molecular weight is 234 g/mol. The first-order valence-corrected chi connectivity index (χ1v) is 5.79. The van der Waals surface area contributed by atoms with E-state index in [1.54, 1.807) is 14.2 Å². The highest BCUT2D eigenvalue weighted by molar-refractivity contribution is 5.81. The van der Waals surface area contributed by atoms with Crippen molar-refractivity contribution in [2.75, 3.05) is 27.3 Å². The van der Waals surface area contributed by atoms with Gasteiger partial charge in [-0.25, -0.2) is 0 Å². The molecule has 1 N–H and O–H groups in total. The molecule has 1 saturated heterocycles. The van der Waals surface area contributed by atoms with Crippen molar-refractivity contribution in [3.8, 4) is 11.5 Å². The summed E-state index contributed by atoms with van der Waals surface area (Å²) in [5, 5.41) is 3.29. The van der Waals surface area contributed by atoms with Gasteiger partial charge in [-0.15, -0.1) is 0 Å². The monoisotopic (exact) mass is 234 g/mol. The molecule has 92 valence electrons. The van der Waals surface area contributed by atoms with Gasteiger partial charge in [0.2, 0.25) is 0 Å². The number of nitrogens with one attached hydrogen (secondary N) is 1. The van der Waals surface area contributed by atoms with Crippen molar-refractivity contribution in [2.45, 2.75) is 12.5 Å². The predicted octanol–water partition coefficient (Wildman–Crippen LogP) is 1.48. The Morgan fingerprint density at radius 2 is 2.12 bits per heavy atom. The SMILES string of the molecule is COc1ccc(/C=N/C2CCNC2)cc1OC. The van der Waals surface area contributed by atoms with Gasteiger partial charge >= 0.3 is 0 Å². The van der Waals surface area contributed by atoms with E-state index >= 15 is 0 Å². The third kappa shape index (κ3) is 2.97. The fourth-order valence-electron chi connectivity index (χ4n) is 1.89. The molecule has 17 heavy (non-hydrogen) atoms. The summed E-state index contributed by atoms with van der Waals surface area (Å²) >= 11 is 0. The molecule has 1 aromatic carbocycles. The van der Waals surface area contributed by atoms with E-state index in [0.29, 0.717) is 6.04 Å². The highest BCUT2D eigenvalue weighted by Crippen LogP contribution is 2.26. The maximum Gasteiger partial charge on any atom is 0.161 e. The molecule has 0 bridgehead atoms. The first kappa shape index (κ1) is 11.9. The van der Waals surface area contributed by atoms with Gasteiger partial charge in [-0.1, -0.05) is 0 Å². The second-order valence-corrected chi connectivity index (χ2v) is 4.04. The minimum Gasteiger partial charge on any atom is -0.493 e. The van der Waals surface area contributed by atoms with Crippen molar-refractivity contribution < 1.29 is 9.47 Å². The molecule has 1 atom stereocenters. The van der Waals surface area contributed by atoms with Gasteiger partial charge in [0.15, 0.2) is 11.5 Å². The van der Waals surface area contributed by atoms with Gasteiger partial charge in [0.25, 0.3) is 0 Å². The van der Waals surface area contributed by atoms with E-state index in [1.165, 1.54) is 0 Å². The molecule has 4 heteroatoms. The van der Waals surface area contributed by atoms with Crippen LogP contribution < -0.4 is 14.8 Å². The Morgan fingerprint density at radius 3 is 2.76 bits per heavy atom. The number of aliphatic imine (C=N–C) groups is 1. The number of hydrogen-bond donors (Lipinski definition) is 1. The molecule has 0 amide bonds. The van der Waals surface area contributed by atoms with E-state index in [4.69, 9.17) is 9.47 Å².